The van der Waals surface area contributed by atoms with Crippen molar-refractivity contribution in [1.82, 2.24) is 9.80 Å². The van der Waals surface area contributed by atoms with Crippen molar-refractivity contribution < 1.29 is 4.74 Å². The number of nitrogens with zero attached hydrogens (tertiary/aromatic N) is 2. The van der Waals surface area contributed by atoms with Gasteiger partial charge in [0.05, 0.1) is 13.2 Å². The van der Waals surface area contributed by atoms with Crippen molar-refractivity contribution in [2.24, 2.45) is 5.41 Å². The van der Waals surface area contributed by atoms with Crippen LogP contribution in [0.5, 0.6) is 0 Å². The first-order chi connectivity index (χ1) is 9.80. The van der Waals surface area contributed by atoms with Gasteiger partial charge in [0.15, 0.2) is 0 Å². The number of rotatable bonds is 3. The Morgan fingerprint density at radius 2 is 2.20 bits per heavy atom. The van der Waals surface area contributed by atoms with Gasteiger partial charge in [0.1, 0.15) is 0 Å². The van der Waals surface area contributed by atoms with Gasteiger partial charge in [0, 0.05) is 31.6 Å². The van der Waals surface area contributed by atoms with Gasteiger partial charge in [-0.1, -0.05) is 6.92 Å². The summed E-state index contributed by atoms with van der Waals surface area (Å²) in [4.78, 5) is 5.20. The zero-order valence-corrected chi connectivity index (χ0v) is 13.3. The van der Waals surface area contributed by atoms with Crippen molar-refractivity contribution in [2.45, 2.75) is 26.3 Å². The summed E-state index contributed by atoms with van der Waals surface area (Å²) in [6.07, 6.45) is 2.63. The molecule has 2 aliphatic rings. The summed E-state index contributed by atoms with van der Waals surface area (Å²) < 4.78 is 5.94. The van der Waals surface area contributed by atoms with Crippen LogP contribution in [-0.2, 0) is 11.3 Å². The number of hydrogen-bond acceptors (Lipinski definition) is 4. The molecule has 1 aromatic heterocycles. The molecule has 3 heterocycles. The van der Waals surface area contributed by atoms with Crippen LogP contribution < -0.4 is 0 Å². The second-order valence-electron chi connectivity index (χ2n) is 6.37. The first kappa shape index (κ1) is 14.5. The average molecular weight is 294 g/mol. The maximum atomic E-state index is 5.94. The minimum absolute atomic E-state index is 0.362. The zero-order valence-electron chi connectivity index (χ0n) is 12.5. The molecule has 3 rings (SSSR count). The SMILES string of the molecule is CCN1CCOCC2(CCCN(Cc3ccsc3)C2)C1. The highest BCUT2D eigenvalue weighted by Crippen LogP contribution is 2.33. The monoisotopic (exact) mass is 294 g/mol. The Morgan fingerprint density at radius 3 is 3.00 bits per heavy atom. The van der Waals surface area contributed by atoms with E-state index in [4.69, 9.17) is 4.74 Å². The van der Waals surface area contributed by atoms with Crippen LogP contribution in [0.4, 0.5) is 0 Å². The van der Waals surface area contributed by atoms with Gasteiger partial charge < -0.3 is 9.64 Å². The van der Waals surface area contributed by atoms with Crippen LogP contribution >= 0.6 is 11.3 Å². The van der Waals surface area contributed by atoms with Gasteiger partial charge >= 0.3 is 0 Å². The Hall–Kier alpha value is -0.420. The summed E-state index contributed by atoms with van der Waals surface area (Å²) >= 11 is 1.80. The predicted octanol–water partition coefficient (Wildman–Crippen LogP) is 2.68. The van der Waals surface area contributed by atoms with Crippen LogP contribution in [0.1, 0.15) is 25.3 Å². The summed E-state index contributed by atoms with van der Waals surface area (Å²) in [5, 5.41) is 4.46. The highest BCUT2D eigenvalue weighted by Gasteiger charge is 2.38. The standard InChI is InChI=1S/C16H26N2OS/c1-2-17-7-8-19-14-16(12-17)5-3-6-18(13-16)10-15-4-9-20-11-15/h4,9,11H,2-3,5-8,10,12-14H2,1H3. The van der Waals surface area contributed by atoms with E-state index in [9.17, 15) is 0 Å². The fourth-order valence-corrected chi connectivity index (χ4v) is 4.34. The number of likely N-dealkylation sites (N-methyl/N-ethyl adjacent to an activating group) is 1. The third-order valence-electron chi connectivity index (χ3n) is 4.69. The lowest BCUT2D eigenvalue weighted by Gasteiger charge is -2.43. The van der Waals surface area contributed by atoms with Crippen molar-refractivity contribution in [3.8, 4) is 0 Å². The van der Waals surface area contributed by atoms with Crippen LogP contribution in [0.2, 0.25) is 0 Å². The van der Waals surface area contributed by atoms with Gasteiger partial charge in [-0.3, -0.25) is 4.90 Å². The van der Waals surface area contributed by atoms with Gasteiger partial charge in [-0.2, -0.15) is 11.3 Å². The van der Waals surface area contributed by atoms with Crippen molar-refractivity contribution in [2.75, 3.05) is 45.9 Å². The van der Waals surface area contributed by atoms with Crippen LogP contribution in [0, 0.1) is 5.41 Å². The predicted molar refractivity (Wildman–Crippen MR) is 84.2 cm³/mol. The largest absolute Gasteiger partial charge is 0.379 e. The van der Waals surface area contributed by atoms with E-state index in [1.54, 1.807) is 11.3 Å². The molecule has 0 aromatic carbocycles. The van der Waals surface area contributed by atoms with E-state index in [0.29, 0.717) is 5.41 Å². The van der Waals surface area contributed by atoms with E-state index in [2.05, 4.69) is 33.6 Å². The lowest BCUT2D eigenvalue weighted by molar-refractivity contribution is 0.00337. The first-order valence-electron chi connectivity index (χ1n) is 7.83. The molecule has 2 fully saturated rings. The molecule has 1 atom stereocenters. The summed E-state index contributed by atoms with van der Waals surface area (Å²) in [6.45, 7) is 11.1. The third kappa shape index (κ3) is 3.42. The molecule has 0 radical (unpaired) electrons. The lowest BCUT2D eigenvalue weighted by atomic mass is 9.80. The van der Waals surface area contributed by atoms with Crippen molar-refractivity contribution in [1.29, 1.82) is 0 Å². The third-order valence-corrected chi connectivity index (χ3v) is 5.43. The lowest BCUT2D eigenvalue weighted by Crippen LogP contribution is -2.50. The Balaban J connectivity index is 1.66. The molecule has 112 valence electrons. The Kier molecular flexibility index (Phi) is 4.76. The molecular weight excluding hydrogens is 268 g/mol. The molecule has 4 heteroatoms. The summed E-state index contributed by atoms with van der Waals surface area (Å²) in [5.74, 6) is 0. The molecule has 0 aliphatic carbocycles. The van der Waals surface area contributed by atoms with E-state index < -0.39 is 0 Å². The molecule has 1 aromatic rings. The second-order valence-corrected chi connectivity index (χ2v) is 7.15. The van der Waals surface area contributed by atoms with E-state index >= 15 is 0 Å². The smallest absolute Gasteiger partial charge is 0.0593 e. The normalized spacial score (nSPS) is 29.6. The van der Waals surface area contributed by atoms with E-state index in [0.717, 1.165) is 32.8 Å². The molecule has 20 heavy (non-hydrogen) atoms. The highest BCUT2D eigenvalue weighted by atomic mass is 32.1. The maximum Gasteiger partial charge on any atom is 0.0593 e. The molecule has 0 amide bonds. The Morgan fingerprint density at radius 1 is 1.30 bits per heavy atom. The van der Waals surface area contributed by atoms with Crippen LogP contribution in [0.15, 0.2) is 16.8 Å². The molecule has 0 N–H and O–H groups in total. The molecule has 3 nitrogen and oxygen atoms in total. The first-order valence-corrected chi connectivity index (χ1v) is 8.77. The number of thiophene rings is 1. The number of ether oxygens (including phenoxy) is 1. The molecule has 2 saturated heterocycles. The molecule has 0 saturated carbocycles. The van der Waals surface area contributed by atoms with Crippen molar-refractivity contribution in [3.05, 3.63) is 22.4 Å². The molecule has 2 aliphatic heterocycles. The molecular formula is C16H26N2OS. The fourth-order valence-electron chi connectivity index (χ4n) is 3.68. The van der Waals surface area contributed by atoms with Crippen LogP contribution in [-0.4, -0.2) is 55.7 Å². The summed E-state index contributed by atoms with van der Waals surface area (Å²) in [5.41, 5.74) is 1.83. The molecule has 1 unspecified atom stereocenters. The fraction of sp³-hybridized carbons (Fsp3) is 0.750. The van der Waals surface area contributed by atoms with Gasteiger partial charge in [0.2, 0.25) is 0 Å². The minimum atomic E-state index is 0.362. The average Bonchev–Trinajstić information content (AvgIpc) is 2.88. The number of hydrogen-bond donors (Lipinski definition) is 0. The topological polar surface area (TPSA) is 15.7 Å². The summed E-state index contributed by atoms with van der Waals surface area (Å²) in [6, 6.07) is 2.26. The van der Waals surface area contributed by atoms with E-state index in [1.165, 1.54) is 38.0 Å². The van der Waals surface area contributed by atoms with Crippen molar-refractivity contribution in [3.63, 3.8) is 0 Å². The quantitative estimate of drug-likeness (QED) is 0.852. The zero-order chi connectivity index (χ0) is 13.8. The van der Waals surface area contributed by atoms with Gasteiger partial charge in [-0.15, -0.1) is 0 Å². The van der Waals surface area contributed by atoms with Crippen LogP contribution in [0.3, 0.4) is 0 Å². The molecule has 1 spiro atoms. The Labute approximate surface area is 126 Å². The highest BCUT2D eigenvalue weighted by molar-refractivity contribution is 7.07. The van der Waals surface area contributed by atoms with Crippen molar-refractivity contribution >= 4 is 11.3 Å². The van der Waals surface area contributed by atoms with Crippen LogP contribution in [0.25, 0.3) is 0 Å². The van der Waals surface area contributed by atoms with Gasteiger partial charge in [0.25, 0.3) is 0 Å². The maximum absolute atomic E-state index is 5.94. The second kappa shape index (κ2) is 6.56. The summed E-state index contributed by atoms with van der Waals surface area (Å²) in [7, 11) is 0. The van der Waals surface area contributed by atoms with E-state index in [1.807, 2.05) is 0 Å². The van der Waals surface area contributed by atoms with Gasteiger partial charge in [-0.25, -0.2) is 0 Å². The van der Waals surface area contributed by atoms with Gasteiger partial charge in [-0.05, 0) is 48.3 Å². The number of likely N-dealkylation sites (tertiary alicyclic amines) is 1. The molecule has 0 bridgehead atoms. The minimum Gasteiger partial charge on any atom is -0.379 e. The van der Waals surface area contributed by atoms with E-state index in [-0.39, 0.29) is 0 Å². The Bertz CT molecular complexity index is 409. The number of piperidine rings is 1.